The van der Waals surface area contributed by atoms with Crippen molar-refractivity contribution in [2.24, 2.45) is 5.92 Å². The van der Waals surface area contributed by atoms with E-state index in [2.05, 4.69) is 32.9 Å². The third kappa shape index (κ3) is 5.48. The monoisotopic (exact) mass is 344 g/mol. The Hall–Kier alpha value is -2.03. The van der Waals surface area contributed by atoms with Gasteiger partial charge >= 0.3 is 0 Å². The Kier molecular flexibility index (Phi) is 7.30. The number of hydrogen-bond donors (Lipinski definition) is 0. The molecule has 0 amide bonds. The van der Waals surface area contributed by atoms with Crippen LogP contribution in [0.2, 0.25) is 0 Å². The third-order valence-corrected chi connectivity index (χ3v) is 4.16. The summed E-state index contributed by atoms with van der Waals surface area (Å²) in [5, 5.41) is 0. The van der Waals surface area contributed by atoms with Crippen LogP contribution >= 0.6 is 0 Å². The molecule has 0 N–H and O–H groups in total. The summed E-state index contributed by atoms with van der Waals surface area (Å²) < 4.78 is 25.7. The number of rotatable bonds is 9. The predicted molar refractivity (Wildman–Crippen MR) is 102 cm³/mol. The van der Waals surface area contributed by atoms with E-state index in [1.807, 2.05) is 6.07 Å². The first kappa shape index (κ1) is 19.3. The van der Waals surface area contributed by atoms with Crippen LogP contribution in [0.3, 0.4) is 0 Å². The molecule has 0 aliphatic heterocycles. The first-order valence-electron chi connectivity index (χ1n) is 9.14. The molecule has 0 unspecified atom stereocenters. The van der Waals surface area contributed by atoms with Crippen LogP contribution in [0.5, 0.6) is 11.5 Å². The summed E-state index contributed by atoms with van der Waals surface area (Å²) in [4.78, 5) is 0. The molecule has 2 nitrogen and oxygen atoms in total. The van der Waals surface area contributed by atoms with Crippen molar-refractivity contribution in [1.82, 2.24) is 0 Å². The maximum absolute atomic E-state index is 14.4. The Balaban J connectivity index is 2.37. The summed E-state index contributed by atoms with van der Waals surface area (Å²) in [7, 11) is 1.59. The number of hydrogen-bond acceptors (Lipinski definition) is 2. The van der Waals surface area contributed by atoms with Crippen LogP contribution in [-0.4, -0.2) is 13.7 Å². The molecule has 0 heterocycles. The molecule has 2 rings (SSSR count). The van der Waals surface area contributed by atoms with Gasteiger partial charge in [0.2, 0.25) is 0 Å². The molecule has 0 saturated carbocycles. The van der Waals surface area contributed by atoms with E-state index in [1.165, 1.54) is 11.6 Å². The lowest BCUT2D eigenvalue weighted by Crippen LogP contribution is -2.02. The van der Waals surface area contributed by atoms with Gasteiger partial charge in [0, 0.05) is 11.1 Å². The lowest BCUT2D eigenvalue weighted by Gasteiger charge is -2.15. The highest BCUT2D eigenvalue weighted by molar-refractivity contribution is 5.72. The van der Waals surface area contributed by atoms with Gasteiger partial charge in [-0.1, -0.05) is 45.7 Å². The number of ether oxygens (including phenoxy) is 2. The van der Waals surface area contributed by atoms with Crippen molar-refractivity contribution in [1.29, 1.82) is 0 Å². The van der Waals surface area contributed by atoms with Gasteiger partial charge in [-0.15, -0.1) is 0 Å². The molecule has 0 bridgehead atoms. The summed E-state index contributed by atoms with van der Waals surface area (Å²) in [6.07, 6.45) is 4.26. The zero-order valence-electron chi connectivity index (χ0n) is 15.8. The van der Waals surface area contributed by atoms with Crippen molar-refractivity contribution in [3.8, 4) is 22.6 Å². The molecule has 2 aromatic rings. The molecule has 0 radical (unpaired) electrons. The van der Waals surface area contributed by atoms with E-state index in [4.69, 9.17) is 9.47 Å². The average molecular weight is 344 g/mol. The van der Waals surface area contributed by atoms with Gasteiger partial charge in [0.15, 0.2) is 0 Å². The van der Waals surface area contributed by atoms with E-state index in [9.17, 15) is 4.39 Å². The highest BCUT2D eigenvalue weighted by Crippen LogP contribution is 2.35. The summed E-state index contributed by atoms with van der Waals surface area (Å²) >= 11 is 0. The fourth-order valence-corrected chi connectivity index (χ4v) is 2.88. The van der Waals surface area contributed by atoms with Crippen molar-refractivity contribution in [2.45, 2.75) is 46.5 Å². The molecular weight excluding hydrogens is 315 g/mol. The summed E-state index contributed by atoms with van der Waals surface area (Å²) in [5.74, 6) is 1.68. The molecule has 136 valence electrons. The molecule has 0 spiro atoms. The minimum absolute atomic E-state index is 0.268. The van der Waals surface area contributed by atoms with E-state index >= 15 is 0 Å². The molecular formula is C22H29FO2. The van der Waals surface area contributed by atoms with Gasteiger partial charge in [0.25, 0.3) is 0 Å². The minimum atomic E-state index is -0.268. The number of benzene rings is 2. The van der Waals surface area contributed by atoms with Crippen LogP contribution in [0, 0.1) is 11.7 Å². The van der Waals surface area contributed by atoms with E-state index in [-0.39, 0.29) is 5.82 Å². The summed E-state index contributed by atoms with van der Waals surface area (Å²) in [6.45, 7) is 7.20. The Morgan fingerprint density at radius 3 is 2.48 bits per heavy atom. The van der Waals surface area contributed by atoms with Gasteiger partial charge in [-0.05, 0) is 48.6 Å². The lowest BCUT2D eigenvalue weighted by atomic mass is 9.97. The Morgan fingerprint density at radius 1 is 1.00 bits per heavy atom. The highest BCUT2D eigenvalue weighted by Gasteiger charge is 2.14. The first-order chi connectivity index (χ1) is 12.0. The van der Waals surface area contributed by atoms with Crippen LogP contribution < -0.4 is 9.47 Å². The fourth-order valence-electron chi connectivity index (χ4n) is 2.88. The second-order valence-electron chi connectivity index (χ2n) is 6.83. The fraction of sp³-hybridized carbons (Fsp3) is 0.455. The molecule has 25 heavy (non-hydrogen) atoms. The van der Waals surface area contributed by atoms with Crippen molar-refractivity contribution in [2.75, 3.05) is 13.7 Å². The molecule has 0 saturated heterocycles. The Bertz CT molecular complexity index is 680. The largest absolute Gasteiger partial charge is 0.497 e. The molecule has 3 heteroatoms. The SMILES string of the molecule is CCCCCOc1cc(CC(C)C)ccc1-c1cc(OC)ccc1F. The van der Waals surface area contributed by atoms with Crippen LogP contribution in [0.1, 0.15) is 45.6 Å². The maximum Gasteiger partial charge on any atom is 0.131 e. The topological polar surface area (TPSA) is 18.5 Å². The zero-order valence-corrected chi connectivity index (χ0v) is 15.8. The van der Waals surface area contributed by atoms with Crippen LogP contribution in [0.4, 0.5) is 4.39 Å². The summed E-state index contributed by atoms with van der Waals surface area (Å²) in [5.41, 5.74) is 2.51. The predicted octanol–water partition coefficient (Wildman–Crippen LogP) is 6.27. The Labute approximate surface area is 151 Å². The van der Waals surface area contributed by atoms with Gasteiger partial charge in [-0.3, -0.25) is 0 Å². The molecule has 0 aliphatic rings. The standard InChI is InChI=1S/C22H29FO2/c1-5-6-7-12-25-22-14-17(13-16(2)3)8-10-19(22)20-15-18(24-4)9-11-21(20)23/h8-11,14-16H,5-7,12-13H2,1-4H3. The second kappa shape index (κ2) is 9.45. The molecule has 0 aliphatic carbocycles. The van der Waals surface area contributed by atoms with Crippen molar-refractivity contribution < 1.29 is 13.9 Å². The molecule has 2 aromatic carbocycles. The first-order valence-corrected chi connectivity index (χ1v) is 9.14. The number of methoxy groups -OCH3 is 1. The number of halogens is 1. The molecule has 0 fully saturated rings. The quantitative estimate of drug-likeness (QED) is 0.499. The maximum atomic E-state index is 14.4. The van der Waals surface area contributed by atoms with E-state index < -0.39 is 0 Å². The van der Waals surface area contributed by atoms with E-state index in [1.54, 1.807) is 19.2 Å². The highest BCUT2D eigenvalue weighted by atomic mass is 19.1. The van der Waals surface area contributed by atoms with Crippen molar-refractivity contribution in [3.63, 3.8) is 0 Å². The zero-order chi connectivity index (χ0) is 18.2. The van der Waals surface area contributed by atoms with Crippen molar-refractivity contribution >= 4 is 0 Å². The average Bonchev–Trinajstić information content (AvgIpc) is 2.59. The molecule has 0 aromatic heterocycles. The number of unbranched alkanes of at least 4 members (excludes halogenated alkanes) is 2. The van der Waals surface area contributed by atoms with Gasteiger partial charge in [0.05, 0.1) is 13.7 Å². The molecule has 0 atom stereocenters. The van der Waals surface area contributed by atoms with Crippen LogP contribution in [-0.2, 0) is 6.42 Å². The lowest BCUT2D eigenvalue weighted by molar-refractivity contribution is 0.307. The third-order valence-electron chi connectivity index (χ3n) is 4.16. The van der Waals surface area contributed by atoms with Crippen molar-refractivity contribution in [3.05, 3.63) is 47.8 Å². The minimum Gasteiger partial charge on any atom is -0.497 e. The van der Waals surface area contributed by atoms with Crippen LogP contribution in [0.25, 0.3) is 11.1 Å². The second-order valence-corrected chi connectivity index (χ2v) is 6.83. The van der Waals surface area contributed by atoms with E-state index in [0.717, 1.165) is 37.0 Å². The van der Waals surface area contributed by atoms with Gasteiger partial charge in [-0.25, -0.2) is 4.39 Å². The van der Waals surface area contributed by atoms with Gasteiger partial charge in [0.1, 0.15) is 17.3 Å². The Morgan fingerprint density at radius 2 is 1.80 bits per heavy atom. The smallest absolute Gasteiger partial charge is 0.131 e. The van der Waals surface area contributed by atoms with Crippen LogP contribution in [0.15, 0.2) is 36.4 Å². The van der Waals surface area contributed by atoms with Gasteiger partial charge in [-0.2, -0.15) is 0 Å². The van der Waals surface area contributed by atoms with Gasteiger partial charge < -0.3 is 9.47 Å². The van der Waals surface area contributed by atoms with E-state index in [0.29, 0.717) is 23.8 Å². The summed E-state index contributed by atoms with van der Waals surface area (Å²) in [6, 6.07) is 10.9. The normalized spacial score (nSPS) is 11.0.